The lowest BCUT2D eigenvalue weighted by Gasteiger charge is -2.31. The van der Waals surface area contributed by atoms with Gasteiger partial charge in [0, 0.05) is 11.8 Å². The van der Waals surface area contributed by atoms with Gasteiger partial charge in [0.2, 0.25) is 0 Å². The van der Waals surface area contributed by atoms with E-state index in [1.807, 2.05) is 84.1 Å². The molecule has 0 saturated heterocycles. The van der Waals surface area contributed by atoms with Gasteiger partial charge in [0.05, 0.1) is 42.5 Å². The summed E-state index contributed by atoms with van der Waals surface area (Å²) in [5.74, 6) is 1.56. The van der Waals surface area contributed by atoms with E-state index in [1.54, 1.807) is 7.11 Å². The van der Waals surface area contributed by atoms with Crippen LogP contribution < -0.4 is 10.1 Å². The highest BCUT2D eigenvalue weighted by molar-refractivity contribution is 5.92. The molecule has 0 unspecified atom stereocenters. The van der Waals surface area contributed by atoms with E-state index in [1.165, 1.54) is 0 Å². The normalized spacial score (nSPS) is 14.4. The first-order valence-corrected chi connectivity index (χ1v) is 13.0. The number of nitrogens with zero attached hydrogens (tertiary/aromatic N) is 4. The van der Waals surface area contributed by atoms with E-state index in [0.717, 1.165) is 45.1 Å². The molecule has 0 radical (unpaired) electrons. The fourth-order valence-electron chi connectivity index (χ4n) is 5.45. The van der Waals surface area contributed by atoms with Crippen molar-refractivity contribution >= 4 is 11.7 Å². The first-order valence-electron chi connectivity index (χ1n) is 13.0. The third-order valence-electron chi connectivity index (χ3n) is 7.30. The number of carbonyl (C=O) groups is 1. The van der Waals surface area contributed by atoms with Gasteiger partial charge in [-0.25, -0.2) is 9.48 Å². The molecule has 6 rings (SSSR count). The molecule has 7 nitrogen and oxygen atoms in total. The summed E-state index contributed by atoms with van der Waals surface area (Å²) in [6.07, 6.45) is 2.06. The number of fused-ring (bicyclic) bond motifs is 3. The van der Waals surface area contributed by atoms with Crippen LogP contribution >= 0.6 is 0 Å². The van der Waals surface area contributed by atoms with Crippen LogP contribution in [-0.2, 0) is 6.54 Å². The van der Waals surface area contributed by atoms with Crippen LogP contribution in [0.25, 0.3) is 11.5 Å². The Kier molecular flexibility index (Phi) is 6.19. The molecule has 1 aliphatic rings. The number of ether oxygens (including phenoxy) is 1. The molecule has 2 amide bonds. The van der Waals surface area contributed by atoms with Crippen molar-refractivity contribution in [3.05, 3.63) is 125 Å². The van der Waals surface area contributed by atoms with Gasteiger partial charge in [-0.05, 0) is 68.3 Å². The van der Waals surface area contributed by atoms with Crippen LogP contribution in [0.5, 0.6) is 5.75 Å². The summed E-state index contributed by atoms with van der Waals surface area (Å²) in [4.78, 5) is 16.1. The number of anilines is 1. The number of rotatable bonds is 4. The van der Waals surface area contributed by atoms with Gasteiger partial charge in [-0.2, -0.15) is 5.10 Å². The van der Waals surface area contributed by atoms with Crippen LogP contribution in [0.4, 0.5) is 10.5 Å². The van der Waals surface area contributed by atoms with Gasteiger partial charge in [-0.1, -0.05) is 54.1 Å². The Morgan fingerprint density at radius 1 is 0.923 bits per heavy atom. The summed E-state index contributed by atoms with van der Waals surface area (Å²) in [6.45, 7) is 6.47. The van der Waals surface area contributed by atoms with E-state index >= 15 is 0 Å². The van der Waals surface area contributed by atoms with Gasteiger partial charge in [0.25, 0.3) is 0 Å². The van der Waals surface area contributed by atoms with Crippen LogP contribution in [0.2, 0.25) is 0 Å². The Hall–Kier alpha value is -4.78. The molecular weight excluding hydrogens is 486 g/mol. The number of para-hydroxylation sites is 1. The molecule has 1 N–H and O–H groups in total. The Morgan fingerprint density at radius 2 is 1.72 bits per heavy atom. The number of carbonyl (C=O) groups excluding carboxylic acids is 1. The Balaban J connectivity index is 1.54. The van der Waals surface area contributed by atoms with Crippen LogP contribution in [0.15, 0.2) is 91.1 Å². The van der Waals surface area contributed by atoms with Gasteiger partial charge < -0.3 is 19.5 Å². The second-order valence-electron chi connectivity index (χ2n) is 10.0. The Morgan fingerprint density at radius 3 is 2.49 bits per heavy atom. The van der Waals surface area contributed by atoms with Crippen LogP contribution in [0.1, 0.15) is 39.7 Å². The van der Waals surface area contributed by atoms with Crippen molar-refractivity contribution in [3.63, 3.8) is 0 Å². The maximum atomic E-state index is 14.2. The van der Waals surface area contributed by atoms with Gasteiger partial charge in [0.15, 0.2) is 0 Å². The zero-order valence-electron chi connectivity index (χ0n) is 22.6. The summed E-state index contributed by atoms with van der Waals surface area (Å²) in [5, 5.41) is 8.08. The van der Waals surface area contributed by atoms with E-state index in [2.05, 4.69) is 47.3 Å². The molecule has 1 atom stereocenters. The molecule has 0 bridgehead atoms. The van der Waals surface area contributed by atoms with Crippen molar-refractivity contribution in [1.82, 2.24) is 19.2 Å². The van der Waals surface area contributed by atoms with E-state index in [9.17, 15) is 4.79 Å². The van der Waals surface area contributed by atoms with E-state index in [0.29, 0.717) is 18.0 Å². The van der Waals surface area contributed by atoms with Gasteiger partial charge >= 0.3 is 6.03 Å². The number of methoxy groups -OCH3 is 1. The predicted octanol–water partition coefficient (Wildman–Crippen LogP) is 6.73. The molecule has 1 aliphatic heterocycles. The molecule has 2 aromatic heterocycles. The van der Waals surface area contributed by atoms with Gasteiger partial charge in [-0.3, -0.25) is 0 Å². The minimum Gasteiger partial charge on any atom is -0.495 e. The summed E-state index contributed by atoms with van der Waals surface area (Å²) >= 11 is 0. The Labute approximate surface area is 228 Å². The van der Waals surface area contributed by atoms with Crippen LogP contribution in [0, 0.1) is 20.8 Å². The molecule has 0 saturated carbocycles. The second kappa shape index (κ2) is 9.83. The van der Waals surface area contributed by atoms with Gasteiger partial charge in [-0.15, -0.1) is 0 Å². The number of urea groups is 1. The molecule has 0 fully saturated rings. The number of aromatic nitrogens is 3. The largest absolute Gasteiger partial charge is 0.495 e. The standard InChI is InChI=1S/C32H31N5O2/c1-21-10-8-11-24(18-21)30-28-14-9-17-35(28)31-26(23(3)34-37(31)25-12-6-5-7-13-25)20-36(30)32(38)33-27-19-22(2)15-16-29(27)39-4/h5-19,30H,20H2,1-4H3,(H,33,38)/t30-/m1/s1. The number of aryl methyl sites for hydroxylation is 3. The van der Waals surface area contributed by atoms with Crippen molar-refractivity contribution in [2.75, 3.05) is 12.4 Å². The van der Waals surface area contributed by atoms with Crippen molar-refractivity contribution in [2.24, 2.45) is 0 Å². The number of hydrogen-bond acceptors (Lipinski definition) is 3. The molecule has 7 heteroatoms. The fraction of sp³-hybridized carbons (Fsp3) is 0.188. The molecule has 196 valence electrons. The SMILES string of the molecule is COc1ccc(C)cc1NC(=O)N1Cc2c(C)nn(-c3ccccc3)c2-n2cccc2[C@H]1c1cccc(C)c1. The third kappa shape index (κ3) is 4.36. The summed E-state index contributed by atoms with van der Waals surface area (Å²) in [6, 6.07) is 27.9. The maximum Gasteiger partial charge on any atom is 0.323 e. The lowest BCUT2D eigenvalue weighted by atomic mass is 10.00. The lowest BCUT2D eigenvalue weighted by Crippen LogP contribution is -2.38. The molecule has 0 spiro atoms. The van der Waals surface area contributed by atoms with Crippen molar-refractivity contribution < 1.29 is 9.53 Å². The number of amides is 2. The quantitative estimate of drug-likeness (QED) is 0.287. The Bertz CT molecular complexity index is 1670. The second-order valence-corrected chi connectivity index (χ2v) is 10.0. The van der Waals surface area contributed by atoms with E-state index < -0.39 is 0 Å². The summed E-state index contributed by atoms with van der Waals surface area (Å²) in [5.41, 5.74) is 7.69. The molecule has 39 heavy (non-hydrogen) atoms. The highest BCUT2D eigenvalue weighted by atomic mass is 16.5. The van der Waals surface area contributed by atoms with Crippen LogP contribution in [0.3, 0.4) is 0 Å². The molecular formula is C32H31N5O2. The van der Waals surface area contributed by atoms with Crippen molar-refractivity contribution in [2.45, 2.75) is 33.4 Å². The average molecular weight is 518 g/mol. The highest BCUT2D eigenvalue weighted by Crippen LogP contribution is 2.39. The lowest BCUT2D eigenvalue weighted by molar-refractivity contribution is 0.194. The number of nitrogens with one attached hydrogen (secondary N) is 1. The van der Waals surface area contributed by atoms with Crippen molar-refractivity contribution in [3.8, 4) is 17.3 Å². The number of hydrogen-bond donors (Lipinski definition) is 1. The topological polar surface area (TPSA) is 64.3 Å². The number of benzene rings is 3. The maximum absolute atomic E-state index is 14.2. The summed E-state index contributed by atoms with van der Waals surface area (Å²) < 4.78 is 9.72. The average Bonchev–Trinajstić information content (AvgIpc) is 3.49. The summed E-state index contributed by atoms with van der Waals surface area (Å²) in [7, 11) is 1.61. The molecule has 3 heterocycles. The molecule has 5 aromatic rings. The highest BCUT2D eigenvalue weighted by Gasteiger charge is 2.36. The van der Waals surface area contributed by atoms with E-state index in [4.69, 9.17) is 9.84 Å². The first kappa shape index (κ1) is 24.6. The smallest absolute Gasteiger partial charge is 0.323 e. The molecule has 3 aromatic carbocycles. The van der Waals surface area contributed by atoms with Gasteiger partial charge in [0.1, 0.15) is 11.6 Å². The fourth-order valence-corrected chi connectivity index (χ4v) is 5.45. The monoisotopic (exact) mass is 517 g/mol. The van der Waals surface area contributed by atoms with E-state index in [-0.39, 0.29) is 12.1 Å². The molecule has 0 aliphatic carbocycles. The predicted molar refractivity (Wildman–Crippen MR) is 153 cm³/mol. The zero-order valence-corrected chi connectivity index (χ0v) is 22.6. The van der Waals surface area contributed by atoms with Crippen molar-refractivity contribution in [1.29, 1.82) is 0 Å². The zero-order chi connectivity index (χ0) is 27.1. The first-order chi connectivity index (χ1) is 18.9. The minimum atomic E-state index is -0.327. The minimum absolute atomic E-state index is 0.210. The third-order valence-corrected chi connectivity index (χ3v) is 7.30. The van der Waals surface area contributed by atoms with Crippen LogP contribution in [-0.4, -0.2) is 32.4 Å².